The summed E-state index contributed by atoms with van der Waals surface area (Å²) < 4.78 is 1.02. The van der Waals surface area contributed by atoms with Gasteiger partial charge in [-0.25, -0.2) is 0 Å². The Kier molecular flexibility index (Phi) is 3.66. The van der Waals surface area contributed by atoms with Gasteiger partial charge in [0.05, 0.1) is 0 Å². The Hall–Kier alpha value is -0.830. The van der Waals surface area contributed by atoms with Crippen molar-refractivity contribution in [2.45, 2.75) is 39.0 Å². The number of hydrogen-bond donors (Lipinski definition) is 1. The minimum absolute atomic E-state index is 0.176. The lowest BCUT2D eigenvalue weighted by atomic mass is 9.86. The molecule has 1 N–H and O–H groups in total. The lowest BCUT2D eigenvalue weighted by molar-refractivity contribution is -0.117. The van der Waals surface area contributed by atoms with Crippen LogP contribution in [0.3, 0.4) is 0 Å². The van der Waals surface area contributed by atoms with E-state index in [0.29, 0.717) is 12.3 Å². The molecule has 1 amide bonds. The zero-order valence-electron chi connectivity index (χ0n) is 11.3. The normalized spacial score (nSPS) is 28.6. The van der Waals surface area contributed by atoms with E-state index in [1.165, 1.54) is 25.7 Å². The number of carbonyl (C=O) groups is 1. The Morgan fingerprint density at radius 2 is 2.16 bits per heavy atom. The molecule has 2 bridgehead atoms. The smallest absolute Gasteiger partial charge is 0.224 e. The molecule has 102 valence electrons. The Morgan fingerprint density at radius 3 is 2.79 bits per heavy atom. The predicted octanol–water partition coefficient (Wildman–Crippen LogP) is 4.52. The Morgan fingerprint density at radius 1 is 1.32 bits per heavy atom. The quantitative estimate of drug-likeness (QED) is 0.871. The van der Waals surface area contributed by atoms with Crippen molar-refractivity contribution >= 4 is 27.5 Å². The highest BCUT2D eigenvalue weighted by Gasteiger charge is 2.40. The fraction of sp³-hybridized carbons (Fsp3) is 0.562. The summed E-state index contributed by atoms with van der Waals surface area (Å²) in [6, 6.07) is 6.03. The highest BCUT2D eigenvalue weighted by Crippen LogP contribution is 2.49. The summed E-state index contributed by atoms with van der Waals surface area (Å²) in [5.41, 5.74) is 2.06. The molecule has 3 heteroatoms. The van der Waals surface area contributed by atoms with Gasteiger partial charge in [0.1, 0.15) is 0 Å². The number of hydrogen-bond acceptors (Lipinski definition) is 1. The van der Waals surface area contributed by atoms with Crippen LogP contribution in [-0.2, 0) is 4.79 Å². The van der Waals surface area contributed by atoms with Crippen molar-refractivity contribution in [3.63, 3.8) is 0 Å². The number of amides is 1. The van der Waals surface area contributed by atoms with E-state index in [0.717, 1.165) is 27.6 Å². The predicted molar refractivity (Wildman–Crippen MR) is 81.1 cm³/mol. The van der Waals surface area contributed by atoms with Gasteiger partial charge in [-0.2, -0.15) is 0 Å². The van der Waals surface area contributed by atoms with Crippen LogP contribution in [0.1, 0.15) is 37.7 Å². The van der Waals surface area contributed by atoms with Crippen molar-refractivity contribution in [3.8, 4) is 0 Å². The van der Waals surface area contributed by atoms with Crippen LogP contribution >= 0.6 is 15.9 Å². The number of carbonyl (C=O) groups excluding carboxylic acids is 1. The molecule has 2 fully saturated rings. The average Bonchev–Trinajstić information content (AvgIpc) is 2.88. The summed E-state index contributed by atoms with van der Waals surface area (Å²) in [6.07, 6.45) is 6.09. The van der Waals surface area contributed by atoms with Gasteiger partial charge in [0.2, 0.25) is 5.91 Å². The molecule has 0 aliphatic heterocycles. The molecular weight excluding hydrogens is 302 g/mol. The largest absolute Gasteiger partial charge is 0.326 e. The van der Waals surface area contributed by atoms with E-state index in [1.807, 2.05) is 25.1 Å². The fourth-order valence-corrected chi connectivity index (χ4v) is 4.49. The minimum Gasteiger partial charge on any atom is -0.326 e. The molecule has 0 radical (unpaired) electrons. The van der Waals surface area contributed by atoms with E-state index >= 15 is 0 Å². The van der Waals surface area contributed by atoms with Crippen LogP contribution < -0.4 is 5.32 Å². The molecule has 3 atom stereocenters. The summed E-state index contributed by atoms with van der Waals surface area (Å²) in [5, 5.41) is 3.04. The zero-order valence-corrected chi connectivity index (χ0v) is 12.9. The summed E-state index contributed by atoms with van der Waals surface area (Å²) in [5.74, 6) is 2.54. The van der Waals surface area contributed by atoms with Crippen molar-refractivity contribution < 1.29 is 4.79 Å². The second-order valence-electron chi connectivity index (χ2n) is 6.20. The molecule has 0 saturated heterocycles. The van der Waals surface area contributed by atoms with Gasteiger partial charge in [0.15, 0.2) is 0 Å². The monoisotopic (exact) mass is 321 g/mol. The third-order valence-electron chi connectivity index (χ3n) is 4.66. The van der Waals surface area contributed by atoms with Crippen molar-refractivity contribution in [1.29, 1.82) is 0 Å². The van der Waals surface area contributed by atoms with Gasteiger partial charge in [0.25, 0.3) is 0 Å². The first kappa shape index (κ1) is 13.2. The average molecular weight is 322 g/mol. The molecule has 3 rings (SSSR count). The first-order valence-corrected chi connectivity index (χ1v) is 7.96. The lowest BCUT2D eigenvalue weighted by Gasteiger charge is -2.21. The number of fused-ring (bicyclic) bond motifs is 2. The van der Waals surface area contributed by atoms with Crippen LogP contribution in [0.5, 0.6) is 0 Å². The van der Waals surface area contributed by atoms with Crippen LogP contribution in [0.4, 0.5) is 5.69 Å². The molecule has 2 saturated carbocycles. The first-order chi connectivity index (χ1) is 9.10. The van der Waals surface area contributed by atoms with Crippen LogP contribution in [-0.4, -0.2) is 5.91 Å². The van der Waals surface area contributed by atoms with Gasteiger partial charge in [-0.05, 0) is 67.7 Å². The van der Waals surface area contributed by atoms with E-state index in [1.54, 1.807) is 0 Å². The van der Waals surface area contributed by atoms with E-state index in [9.17, 15) is 4.79 Å². The number of halogens is 1. The third-order valence-corrected chi connectivity index (χ3v) is 5.12. The molecule has 0 spiro atoms. The van der Waals surface area contributed by atoms with Crippen LogP contribution in [0.2, 0.25) is 0 Å². The summed E-state index contributed by atoms with van der Waals surface area (Å²) in [7, 11) is 0. The van der Waals surface area contributed by atoms with E-state index in [-0.39, 0.29) is 5.91 Å². The van der Waals surface area contributed by atoms with Crippen molar-refractivity contribution in [1.82, 2.24) is 0 Å². The Bertz CT molecular complexity index is 479. The molecule has 2 nitrogen and oxygen atoms in total. The van der Waals surface area contributed by atoms with Gasteiger partial charge in [-0.3, -0.25) is 4.79 Å². The summed E-state index contributed by atoms with van der Waals surface area (Å²) in [6.45, 7) is 2.04. The van der Waals surface area contributed by atoms with Gasteiger partial charge in [-0.15, -0.1) is 0 Å². The van der Waals surface area contributed by atoms with E-state index < -0.39 is 0 Å². The molecule has 19 heavy (non-hydrogen) atoms. The first-order valence-electron chi connectivity index (χ1n) is 7.17. The van der Waals surface area contributed by atoms with Gasteiger partial charge >= 0.3 is 0 Å². The Balaban J connectivity index is 1.59. The molecule has 1 aromatic carbocycles. The second kappa shape index (κ2) is 5.28. The maximum atomic E-state index is 12.1. The van der Waals surface area contributed by atoms with Gasteiger partial charge < -0.3 is 5.32 Å². The molecule has 0 aromatic heterocycles. The molecule has 1 aromatic rings. The minimum atomic E-state index is 0.176. The fourth-order valence-electron chi connectivity index (χ4n) is 3.89. The van der Waals surface area contributed by atoms with Crippen molar-refractivity contribution in [2.24, 2.45) is 17.8 Å². The van der Waals surface area contributed by atoms with Crippen molar-refractivity contribution in [2.75, 3.05) is 5.32 Å². The standard InChI is InChI=1S/C16H20BrNO/c1-10-4-14(17)9-15(5-10)18-16(19)8-13-7-11-2-3-12(13)6-11/h4-5,9,11-13H,2-3,6-8H2,1H3,(H,18,19). The van der Waals surface area contributed by atoms with Crippen LogP contribution in [0.15, 0.2) is 22.7 Å². The second-order valence-corrected chi connectivity index (χ2v) is 7.12. The summed E-state index contributed by atoms with van der Waals surface area (Å²) in [4.78, 5) is 12.1. The zero-order chi connectivity index (χ0) is 13.4. The maximum absolute atomic E-state index is 12.1. The van der Waals surface area contributed by atoms with Crippen LogP contribution in [0.25, 0.3) is 0 Å². The number of rotatable bonds is 3. The maximum Gasteiger partial charge on any atom is 0.224 e. The van der Waals surface area contributed by atoms with Crippen LogP contribution in [0, 0.1) is 24.7 Å². The highest BCUT2D eigenvalue weighted by molar-refractivity contribution is 9.10. The lowest BCUT2D eigenvalue weighted by Crippen LogP contribution is -2.20. The summed E-state index contributed by atoms with van der Waals surface area (Å²) >= 11 is 3.47. The highest BCUT2D eigenvalue weighted by atomic mass is 79.9. The van der Waals surface area contributed by atoms with Gasteiger partial charge in [-0.1, -0.05) is 22.4 Å². The third kappa shape index (κ3) is 3.02. The molecule has 0 heterocycles. The van der Waals surface area contributed by atoms with Crippen molar-refractivity contribution in [3.05, 3.63) is 28.2 Å². The number of benzene rings is 1. The molecule has 2 aliphatic carbocycles. The molecule has 3 unspecified atom stereocenters. The molecule has 2 aliphatic rings. The molecular formula is C16H20BrNO. The SMILES string of the molecule is Cc1cc(Br)cc(NC(=O)CC2CC3CCC2C3)c1. The number of anilines is 1. The van der Waals surface area contributed by atoms with E-state index in [4.69, 9.17) is 0 Å². The topological polar surface area (TPSA) is 29.1 Å². The van der Waals surface area contributed by atoms with Gasteiger partial charge in [0, 0.05) is 16.6 Å². The number of nitrogens with one attached hydrogen (secondary N) is 1. The number of aryl methyl sites for hydroxylation is 1. The Labute approximate surface area is 123 Å². The van der Waals surface area contributed by atoms with E-state index in [2.05, 4.69) is 21.2 Å².